The molecule has 0 amide bonds. The summed E-state index contributed by atoms with van der Waals surface area (Å²) in [5.74, 6) is 0.937. The van der Waals surface area contributed by atoms with Crippen LogP contribution in [-0.4, -0.2) is 37.1 Å². The van der Waals surface area contributed by atoms with E-state index in [1.54, 1.807) is 0 Å². The topological polar surface area (TPSA) is 15.3 Å². The first-order valence-corrected chi connectivity index (χ1v) is 7.60. The van der Waals surface area contributed by atoms with Gasteiger partial charge in [-0.15, -0.1) is 0 Å². The van der Waals surface area contributed by atoms with E-state index in [1.165, 1.54) is 58.3 Å². The van der Waals surface area contributed by atoms with Crippen molar-refractivity contribution in [3.8, 4) is 0 Å². The van der Waals surface area contributed by atoms with Crippen LogP contribution in [0.15, 0.2) is 0 Å². The molecule has 2 unspecified atom stereocenters. The number of rotatable bonds is 3. The van der Waals surface area contributed by atoms with Gasteiger partial charge in [-0.2, -0.15) is 0 Å². The third kappa shape index (κ3) is 3.23. The molecular formula is C15H30N2. The van der Waals surface area contributed by atoms with Crippen LogP contribution < -0.4 is 5.32 Å². The number of hydrogen-bond acceptors (Lipinski definition) is 2. The molecule has 0 aliphatic carbocycles. The van der Waals surface area contributed by atoms with Crippen LogP contribution in [0.5, 0.6) is 0 Å². The largest absolute Gasteiger partial charge is 0.317 e. The van der Waals surface area contributed by atoms with Crippen LogP contribution in [0.2, 0.25) is 0 Å². The predicted molar refractivity (Wildman–Crippen MR) is 74.3 cm³/mol. The number of piperidine rings is 2. The summed E-state index contributed by atoms with van der Waals surface area (Å²) in [6.45, 7) is 12.4. The molecule has 0 aromatic rings. The summed E-state index contributed by atoms with van der Waals surface area (Å²) >= 11 is 0. The summed E-state index contributed by atoms with van der Waals surface area (Å²) < 4.78 is 0. The summed E-state index contributed by atoms with van der Waals surface area (Å²) in [7, 11) is 0. The van der Waals surface area contributed by atoms with E-state index in [0.717, 1.165) is 12.0 Å². The van der Waals surface area contributed by atoms with Gasteiger partial charge >= 0.3 is 0 Å². The molecule has 1 N–H and O–H groups in total. The molecule has 0 aromatic heterocycles. The maximum absolute atomic E-state index is 3.51. The normalized spacial score (nSPS) is 34.8. The number of hydrogen-bond donors (Lipinski definition) is 1. The molecule has 2 aliphatic rings. The smallest absolute Gasteiger partial charge is 0.00697 e. The molecule has 0 saturated carbocycles. The molecule has 0 radical (unpaired) electrons. The van der Waals surface area contributed by atoms with E-state index >= 15 is 0 Å². The zero-order valence-electron chi connectivity index (χ0n) is 12.0. The second-order valence-corrected chi connectivity index (χ2v) is 6.55. The van der Waals surface area contributed by atoms with Gasteiger partial charge in [0.2, 0.25) is 0 Å². The van der Waals surface area contributed by atoms with Crippen LogP contribution in [0.25, 0.3) is 0 Å². The van der Waals surface area contributed by atoms with Crippen molar-refractivity contribution >= 4 is 0 Å². The first-order valence-electron chi connectivity index (χ1n) is 7.60. The van der Waals surface area contributed by atoms with Crippen molar-refractivity contribution in [2.24, 2.45) is 11.3 Å². The lowest BCUT2D eigenvalue weighted by molar-refractivity contribution is 0.0500. The van der Waals surface area contributed by atoms with Gasteiger partial charge in [0.1, 0.15) is 0 Å². The van der Waals surface area contributed by atoms with Crippen LogP contribution in [0, 0.1) is 11.3 Å². The Morgan fingerprint density at radius 1 is 1.24 bits per heavy atom. The number of nitrogens with zero attached hydrogens (tertiary/aromatic N) is 1. The van der Waals surface area contributed by atoms with Gasteiger partial charge in [-0.25, -0.2) is 0 Å². The van der Waals surface area contributed by atoms with Gasteiger partial charge in [-0.3, -0.25) is 0 Å². The highest BCUT2D eigenvalue weighted by Crippen LogP contribution is 2.35. The lowest BCUT2D eigenvalue weighted by Gasteiger charge is -2.45. The SMILES string of the molecule is CCC1(CN2CCC(C)CC2C)CCNCC1. The molecule has 2 atom stereocenters. The van der Waals surface area contributed by atoms with Crippen molar-refractivity contribution in [3.05, 3.63) is 0 Å². The van der Waals surface area contributed by atoms with E-state index < -0.39 is 0 Å². The van der Waals surface area contributed by atoms with E-state index in [1.807, 2.05) is 0 Å². The molecular weight excluding hydrogens is 208 g/mol. The highest BCUT2D eigenvalue weighted by molar-refractivity contribution is 4.89. The van der Waals surface area contributed by atoms with Gasteiger partial charge in [0, 0.05) is 12.6 Å². The quantitative estimate of drug-likeness (QED) is 0.813. The van der Waals surface area contributed by atoms with Crippen molar-refractivity contribution < 1.29 is 0 Å². The Bertz CT molecular complexity index is 233. The van der Waals surface area contributed by atoms with Gasteiger partial charge in [0.15, 0.2) is 0 Å². The van der Waals surface area contributed by atoms with E-state index in [9.17, 15) is 0 Å². The molecule has 2 saturated heterocycles. The summed E-state index contributed by atoms with van der Waals surface area (Å²) in [6.07, 6.45) is 6.92. The van der Waals surface area contributed by atoms with E-state index in [0.29, 0.717) is 5.41 Å². The molecule has 2 fully saturated rings. The summed E-state index contributed by atoms with van der Waals surface area (Å²) in [5.41, 5.74) is 0.611. The molecule has 2 rings (SSSR count). The van der Waals surface area contributed by atoms with Crippen LogP contribution in [0.1, 0.15) is 52.9 Å². The fourth-order valence-corrected chi connectivity index (χ4v) is 3.70. The summed E-state index contributed by atoms with van der Waals surface area (Å²) in [5, 5.41) is 3.51. The molecule has 0 bridgehead atoms. The molecule has 2 heteroatoms. The van der Waals surface area contributed by atoms with Crippen LogP contribution in [0.4, 0.5) is 0 Å². The third-order valence-corrected chi connectivity index (χ3v) is 5.23. The van der Waals surface area contributed by atoms with E-state index in [-0.39, 0.29) is 0 Å². The molecule has 0 spiro atoms. The number of nitrogens with one attached hydrogen (secondary N) is 1. The predicted octanol–water partition coefficient (Wildman–Crippen LogP) is 2.89. The lowest BCUT2D eigenvalue weighted by atomic mass is 9.75. The zero-order chi connectivity index (χ0) is 12.3. The standard InChI is InChI=1S/C15H30N2/c1-4-15(6-8-16-9-7-15)12-17-10-5-13(2)11-14(17)3/h13-14,16H,4-12H2,1-3H3. The Labute approximate surface area is 107 Å². The summed E-state index contributed by atoms with van der Waals surface area (Å²) in [4.78, 5) is 2.77. The minimum absolute atomic E-state index is 0.611. The molecule has 2 nitrogen and oxygen atoms in total. The summed E-state index contributed by atoms with van der Waals surface area (Å²) in [6, 6.07) is 0.803. The maximum Gasteiger partial charge on any atom is 0.00697 e. The highest BCUT2D eigenvalue weighted by Gasteiger charge is 2.34. The molecule has 17 heavy (non-hydrogen) atoms. The van der Waals surface area contributed by atoms with E-state index in [2.05, 4.69) is 31.0 Å². The Hall–Kier alpha value is -0.0800. The Morgan fingerprint density at radius 2 is 1.94 bits per heavy atom. The molecule has 100 valence electrons. The van der Waals surface area contributed by atoms with Crippen molar-refractivity contribution in [1.82, 2.24) is 10.2 Å². The van der Waals surface area contributed by atoms with Crippen LogP contribution in [-0.2, 0) is 0 Å². The van der Waals surface area contributed by atoms with Crippen LogP contribution >= 0.6 is 0 Å². The van der Waals surface area contributed by atoms with E-state index in [4.69, 9.17) is 0 Å². The Morgan fingerprint density at radius 3 is 2.53 bits per heavy atom. The second-order valence-electron chi connectivity index (χ2n) is 6.55. The first kappa shape index (κ1) is 13.4. The van der Waals surface area contributed by atoms with Gasteiger partial charge < -0.3 is 10.2 Å². The van der Waals surface area contributed by atoms with Crippen molar-refractivity contribution in [3.63, 3.8) is 0 Å². The first-order chi connectivity index (χ1) is 8.15. The average molecular weight is 238 g/mol. The van der Waals surface area contributed by atoms with Gasteiger partial charge in [-0.1, -0.05) is 13.8 Å². The molecule has 0 aromatic carbocycles. The van der Waals surface area contributed by atoms with Crippen LogP contribution in [0.3, 0.4) is 0 Å². The zero-order valence-corrected chi connectivity index (χ0v) is 12.0. The fraction of sp³-hybridized carbons (Fsp3) is 1.00. The average Bonchev–Trinajstić information content (AvgIpc) is 2.34. The van der Waals surface area contributed by atoms with Crippen molar-refractivity contribution in [1.29, 1.82) is 0 Å². The second kappa shape index (κ2) is 5.71. The highest BCUT2D eigenvalue weighted by atomic mass is 15.2. The maximum atomic E-state index is 3.51. The van der Waals surface area contributed by atoms with Gasteiger partial charge in [0.25, 0.3) is 0 Å². The molecule has 2 aliphatic heterocycles. The Balaban J connectivity index is 1.93. The van der Waals surface area contributed by atoms with Gasteiger partial charge in [-0.05, 0) is 70.0 Å². The molecule has 2 heterocycles. The third-order valence-electron chi connectivity index (χ3n) is 5.23. The van der Waals surface area contributed by atoms with Crippen molar-refractivity contribution in [2.45, 2.75) is 58.9 Å². The van der Waals surface area contributed by atoms with Gasteiger partial charge in [0.05, 0.1) is 0 Å². The monoisotopic (exact) mass is 238 g/mol. The minimum atomic E-state index is 0.611. The lowest BCUT2D eigenvalue weighted by Crippen LogP contribution is -2.49. The minimum Gasteiger partial charge on any atom is -0.317 e. The van der Waals surface area contributed by atoms with Crippen molar-refractivity contribution in [2.75, 3.05) is 26.2 Å². The Kier molecular flexibility index (Phi) is 4.48. The number of likely N-dealkylation sites (tertiary alicyclic amines) is 1. The fourth-order valence-electron chi connectivity index (χ4n) is 3.70.